The van der Waals surface area contributed by atoms with E-state index in [0.29, 0.717) is 12.2 Å². The molecule has 3 aromatic rings. The largest absolute Gasteiger partial charge is 0.489 e. The summed E-state index contributed by atoms with van der Waals surface area (Å²) in [4.78, 5) is 12.1. The molecule has 0 aromatic heterocycles. The maximum absolute atomic E-state index is 12.1. The van der Waals surface area contributed by atoms with Crippen LogP contribution >= 0.6 is 22.6 Å². The van der Waals surface area contributed by atoms with E-state index < -0.39 is 0 Å². The van der Waals surface area contributed by atoms with E-state index >= 15 is 0 Å². The predicted molar refractivity (Wildman–Crippen MR) is 116 cm³/mol. The van der Waals surface area contributed by atoms with Gasteiger partial charge in [0, 0.05) is 9.13 Å². The first-order valence-corrected chi connectivity index (χ1v) is 9.56. The highest BCUT2D eigenvalue weighted by molar-refractivity contribution is 14.1. The van der Waals surface area contributed by atoms with Gasteiger partial charge in [-0.2, -0.15) is 5.10 Å². The molecule has 0 unspecified atom stereocenters. The van der Waals surface area contributed by atoms with Crippen LogP contribution in [-0.2, 0) is 6.61 Å². The number of hydrogen-bond acceptors (Lipinski definition) is 3. The molecule has 0 saturated carbocycles. The van der Waals surface area contributed by atoms with Gasteiger partial charge < -0.3 is 4.74 Å². The predicted octanol–water partition coefficient (Wildman–Crippen LogP) is 4.94. The second-order valence-electron chi connectivity index (χ2n) is 6.00. The van der Waals surface area contributed by atoms with Crippen LogP contribution in [0.25, 0.3) is 0 Å². The van der Waals surface area contributed by atoms with Crippen molar-refractivity contribution in [2.75, 3.05) is 0 Å². The Bertz CT molecular complexity index is 935. The molecule has 0 radical (unpaired) electrons. The summed E-state index contributed by atoms with van der Waals surface area (Å²) in [5, 5.41) is 4.02. The summed E-state index contributed by atoms with van der Waals surface area (Å²) in [7, 11) is 0. The Labute approximate surface area is 172 Å². The molecule has 0 saturated heterocycles. The van der Waals surface area contributed by atoms with Crippen LogP contribution in [-0.4, -0.2) is 12.1 Å². The van der Waals surface area contributed by atoms with Gasteiger partial charge in [-0.1, -0.05) is 30.3 Å². The molecule has 27 heavy (non-hydrogen) atoms. The molecule has 3 rings (SSSR count). The van der Waals surface area contributed by atoms with Gasteiger partial charge in [0.1, 0.15) is 12.4 Å². The van der Waals surface area contributed by atoms with E-state index in [1.807, 2.05) is 49.4 Å². The summed E-state index contributed by atoms with van der Waals surface area (Å²) < 4.78 is 6.99. The number of aryl methyl sites for hydroxylation is 1. The molecule has 136 valence electrons. The molecule has 0 fully saturated rings. The average Bonchev–Trinajstić information content (AvgIpc) is 2.69. The van der Waals surface area contributed by atoms with Crippen molar-refractivity contribution < 1.29 is 9.53 Å². The van der Waals surface area contributed by atoms with E-state index in [4.69, 9.17) is 4.74 Å². The van der Waals surface area contributed by atoms with Crippen molar-refractivity contribution in [3.63, 3.8) is 0 Å². The normalized spacial score (nSPS) is 10.7. The number of amides is 1. The zero-order valence-electron chi connectivity index (χ0n) is 14.9. The number of carbonyl (C=O) groups is 1. The maximum atomic E-state index is 12.1. The Morgan fingerprint density at radius 3 is 2.44 bits per heavy atom. The van der Waals surface area contributed by atoms with E-state index in [9.17, 15) is 4.79 Å². The van der Waals surface area contributed by atoms with Crippen LogP contribution in [0.15, 0.2) is 77.9 Å². The average molecular weight is 470 g/mol. The standard InChI is InChI=1S/C22H19IN2O2/c1-16-4-2-3-5-21(16)22(26)25-24-14-17-8-12-20(13-9-17)27-15-18-6-10-19(23)11-7-18/h2-14H,15H2,1H3,(H,25,26)/b24-14-. The molecule has 1 N–H and O–H groups in total. The Morgan fingerprint density at radius 2 is 1.74 bits per heavy atom. The van der Waals surface area contributed by atoms with Crippen LogP contribution in [0.4, 0.5) is 0 Å². The fourth-order valence-corrected chi connectivity index (χ4v) is 2.81. The summed E-state index contributed by atoms with van der Waals surface area (Å²) in [5.41, 5.74) is 6.09. The van der Waals surface area contributed by atoms with Crippen LogP contribution in [0.2, 0.25) is 0 Å². The monoisotopic (exact) mass is 470 g/mol. The number of nitrogens with one attached hydrogen (secondary N) is 1. The molecule has 0 aliphatic heterocycles. The number of ether oxygens (including phenoxy) is 1. The third kappa shape index (κ3) is 5.65. The van der Waals surface area contributed by atoms with Crippen molar-refractivity contribution in [1.29, 1.82) is 0 Å². The van der Waals surface area contributed by atoms with Gasteiger partial charge >= 0.3 is 0 Å². The topological polar surface area (TPSA) is 50.7 Å². The lowest BCUT2D eigenvalue weighted by molar-refractivity contribution is 0.0954. The molecule has 4 nitrogen and oxygen atoms in total. The van der Waals surface area contributed by atoms with Gasteiger partial charge in [-0.25, -0.2) is 5.43 Å². The van der Waals surface area contributed by atoms with Crippen molar-refractivity contribution in [1.82, 2.24) is 5.43 Å². The molecule has 0 aliphatic carbocycles. The van der Waals surface area contributed by atoms with Crippen molar-refractivity contribution in [2.45, 2.75) is 13.5 Å². The molecular formula is C22H19IN2O2. The van der Waals surface area contributed by atoms with Crippen LogP contribution in [0.1, 0.15) is 27.0 Å². The zero-order valence-corrected chi connectivity index (χ0v) is 17.0. The van der Waals surface area contributed by atoms with Gasteiger partial charge in [0.2, 0.25) is 0 Å². The number of halogens is 1. The van der Waals surface area contributed by atoms with E-state index in [1.165, 1.54) is 3.57 Å². The van der Waals surface area contributed by atoms with Crippen LogP contribution < -0.4 is 10.2 Å². The first-order chi connectivity index (χ1) is 13.1. The molecule has 0 heterocycles. The van der Waals surface area contributed by atoms with Crippen LogP contribution in [0.5, 0.6) is 5.75 Å². The zero-order chi connectivity index (χ0) is 19.1. The minimum atomic E-state index is -0.221. The number of hydrogen-bond donors (Lipinski definition) is 1. The summed E-state index contributed by atoms with van der Waals surface area (Å²) in [6.07, 6.45) is 1.61. The lowest BCUT2D eigenvalue weighted by atomic mass is 10.1. The highest BCUT2D eigenvalue weighted by Crippen LogP contribution is 2.14. The van der Waals surface area contributed by atoms with Crippen molar-refractivity contribution in [3.8, 4) is 5.75 Å². The Kier molecular flexibility index (Phi) is 6.59. The van der Waals surface area contributed by atoms with Gasteiger partial charge in [0.15, 0.2) is 0 Å². The SMILES string of the molecule is Cc1ccccc1C(=O)N/N=C\c1ccc(OCc2ccc(I)cc2)cc1. The lowest BCUT2D eigenvalue weighted by Gasteiger charge is -2.06. The number of carbonyl (C=O) groups excluding carboxylic acids is 1. The fraction of sp³-hybridized carbons (Fsp3) is 0.0909. The van der Waals surface area contributed by atoms with Crippen LogP contribution in [0, 0.1) is 10.5 Å². The number of rotatable bonds is 6. The second kappa shape index (κ2) is 9.32. The first kappa shape index (κ1) is 19.1. The van der Waals surface area contributed by atoms with Gasteiger partial charge in [-0.3, -0.25) is 4.79 Å². The van der Waals surface area contributed by atoms with Gasteiger partial charge in [0.25, 0.3) is 5.91 Å². The number of nitrogens with zero attached hydrogens (tertiary/aromatic N) is 1. The molecule has 3 aromatic carbocycles. The Hall–Kier alpha value is -2.67. The highest BCUT2D eigenvalue weighted by Gasteiger charge is 2.06. The van der Waals surface area contributed by atoms with Crippen molar-refractivity contribution in [2.24, 2.45) is 5.10 Å². The smallest absolute Gasteiger partial charge is 0.271 e. The minimum absolute atomic E-state index is 0.221. The Morgan fingerprint density at radius 1 is 1.04 bits per heavy atom. The van der Waals surface area contributed by atoms with Crippen molar-refractivity contribution >= 4 is 34.7 Å². The maximum Gasteiger partial charge on any atom is 0.271 e. The highest BCUT2D eigenvalue weighted by atomic mass is 127. The molecule has 0 aliphatic rings. The summed E-state index contributed by atoms with van der Waals surface area (Å²) in [6, 6.07) is 23.2. The molecule has 0 spiro atoms. The summed E-state index contributed by atoms with van der Waals surface area (Å²) in [5.74, 6) is 0.566. The number of hydrazone groups is 1. The van der Waals surface area contributed by atoms with Gasteiger partial charge in [-0.05, 0) is 88.7 Å². The van der Waals surface area contributed by atoms with Gasteiger partial charge in [0.05, 0.1) is 6.21 Å². The van der Waals surface area contributed by atoms with E-state index in [0.717, 1.165) is 22.4 Å². The van der Waals surface area contributed by atoms with E-state index in [-0.39, 0.29) is 5.91 Å². The summed E-state index contributed by atoms with van der Waals surface area (Å²) >= 11 is 2.28. The molecule has 0 atom stereocenters. The van der Waals surface area contributed by atoms with Crippen LogP contribution in [0.3, 0.4) is 0 Å². The fourth-order valence-electron chi connectivity index (χ4n) is 2.45. The molecule has 1 amide bonds. The Balaban J connectivity index is 1.52. The van der Waals surface area contributed by atoms with Crippen molar-refractivity contribution in [3.05, 3.63) is 98.6 Å². The third-order valence-electron chi connectivity index (χ3n) is 3.97. The number of benzene rings is 3. The minimum Gasteiger partial charge on any atom is -0.489 e. The van der Waals surface area contributed by atoms with Gasteiger partial charge in [-0.15, -0.1) is 0 Å². The third-order valence-corrected chi connectivity index (χ3v) is 4.69. The second-order valence-corrected chi connectivity index (χ2v) is 7.24. The van der Waals surface area contributed by atoms with E-state index in [1.54, 1.807) is 12.3 Å². The molecule has 5 heteroatoms. The molecular weight excluding hydrogens is 451 g/mol. The molecule has 0 bridgehead atoms. The van der Waals surface area contributed by atoms with E-state index in [2.05, 4.69) is 57.4 Å². The quantitative estimate of drug-likeness (QED) is 0.315. The first-order valence-electron chi connectivity index (χ1n) is 8.48. The summed E-state index contributed by atoms with van der Waals surface area (Å²) in [6.45, 7) is 2.42. The lowest BCUT2D eigenvalue weighted by Crippen LogP contribution is -2.18.